The first-order valence-corrected chi connectivity index (χ1v) is 13.8. The lowest BCUT2D eigenvalue weighted by Crippen LogP contribution is -2.32. The molecular formula is C24H48N6S. The summed E-state index contributed by atoms with van der Waals surface area (Å²) in [6.45, 7) is 16.6. The Morgan fingerprint density at radius 1 is 0.548 bits per heavy atom. The second-order valence-corrected chi connectivity index (χ2v) is 10.3. The van der Waals surface area contributed by atoms with Gasteiger partial charge < -0.3 is 26.7 Å². The average molecular weight is 453 g/mol. The maximum absolute atomic E-state index is 4.09. The normalized spacial score (nSPS) is 22.0. The van der Waals surface area contributed by atoms with Crippen molar-refractivity contribution in [2.45, 2.75) is 64.2 Å². The molecule has 0 aromatic heterocycles. The molecule has 180 valence electrons. The van der Waals surface area contributed by atoms with Gasteiger partial charge in [0, 0.05) is 38.4 Å². The quantitative estimate of drug-likeness (QED) is 0.316. The molecule has 0 radical (unpaired) electrons. The highest BCUT2D eigenvalue weighted by atomic mass is 32.2. The van der Waals surface area contributed by atoms with E-state index in [1.165, 1.54) is 75.0 Å². The first-order chi connectivity index (χ1) is 15.1. The number of nitrogens with one attached hydrogen (secondary N) is 6. The Morgan fingerprint density at radius 2 is 1.10 bits per heavy atom. The van der Waals surface area contributed by atoms with Crippen molar-refractivity contribution < 1.29 is 0 Å². The second-order valence-electron chi connectivity index (χ2n) is 8.27. The van der Waals surface area contributed by atoms with E-state index in [2.05, 4.69) is 57.7 Å². The number of piperidine rings is 1. The molecule has 4 heterocycles. The van der Waals surface area contributed by atoms with Crippen LogP contribution in [0.25, 0.3) is 0 Å². The molecule has 4 saturated heterocycles. The summed E-state index contributed by atoms with van der Waals surface area (Å²) in [5.41, 5.74) is 7.09. The van der Waals surface area contributed by atoms with E-state index in [9.17, 15) is 0 Å². The van der Waals surface area contributed by atoms with Crippen LogP contribution in [0.5, 0.6) is 0 Å². The standard InChI is InChI=1S/C7H14S.C6H12N2.C6H11N.C5H11N3/c1-8-6-4-2-3-5-7-8;1-6-7-4-2-3-5-8-6;1-6-4-2-3-5-7-6;1-5-6-3-2-4-7-8-5/h1-7H2;7-8H,1-5H2;7H,1-5H2;6-8H,1-4H2. The Labute approximate surface area is 194 Å². The van der Waals surface area contributed by atoms with Crippen molar-refractivity contribution in [1.29, 1.82) is 0 Å². The van der Waals surface area contributed by atoms with Crippen molar-refractivity contribution in [3.63, 3.8) is 0 Å². The van der Waals surface area contributed by atoms with Crippen molar-refractivity contribution in [2.75, 3.05) is 44.2 Å². The summed E-state index contributed by atoms with van der Waals surface area (Å²) in [5.74, 6) is 8.73. The highest BCUT2D eigenvalue weighted by Crippen LogP contribution is 2.20. The first-order valence-electron chi connectivity index (χ1n) is 12.0. The lowest BCUT2D eigenvalue weighted by atomic mass is 10.1. The predicted molar refractivity (Wildman–Crippen MR) is 141 cm³/mol. The molecule has 0 aliphatic carbocycles. The molecule has 4 fully saturated rings. The van der Waals surface area contributed by atoms with Gasteiger partial charge in [-0.05, 0) is 62.9 Å². The molecule has 6 nitrogen and oxygen atoms in total. The highest BCUT2D eigenvalue weighted by Gasteiger charge is 1.99. The number of rotatable bonds is 0. The fourth-order valence-corrected chi connectivity index (χ4v) is 4.73. The Bertz CT molecular complexity index is 439. The van der Waals surface area contributed by atoms with Gasteiger partial charge in [-0.3, -0.25) is 0 Å². The summed E-state index contributed by atoms with van der Waals surface area (Å²) in [7, 11) is 0.542. The van der Waals surface area contributed by atoms with Crippen LogP contribution in [0.1, 0.15) is 64.2 Å². The molecule has 4 aliphatic heterocycles. The molecule has 31 heavy (non-hydrogen) atoms. The van der Waals surface area contributed by atoms with Gasteiger partial charge in [-0.25, -0.2) is 5.43 Å². The van der Waals surface area contributed by atoms with Crippen molar-refractivity contribution in [1.82, 2.24) is 32.1 Å². The van der Waals surface area contributed by atoms with E-state index >= 15 is 0 Å². The maximum Gasteiger partial charge on any atom is 0.106 e. The molecule has 0 amide bonds. The van der Waals surface area contributed by atoms with Gasteiger partial charge in [-0.2, -0.15) is 10.5 Å². The Kier molecular flexibility index (Phi) is 16.9. The molecule has 0 atom stereocenters. The zero-order chi connectivity index (χ0) is 22.6. The minimum absolute atomic E-state index is 0.542. The van der Waals surface area contributed by atoms with E-state index in [-0.39, 0.29) is 0 Å². The van der Waals surface area contributed by atoms with Gasteiger partial charge in [0.05, 0.1) is 5.82 Å². The zero-order valence-corrected chi connectivity index (χ0v) is 20.6. The molecule has 0 spiro atoms. The summed E-state index contributed by atoms with van der Waals surface area (Å²) in [6.07, 6.45) is 13.3. The monoisotopic (exact) mass is 452 g/mol. The predicted octanol–water partition coefficient (Wildman–Crippen LogP) is 3.51. The van der Waals surface area contributed by atoms with E-state index < -0.39 is 0 Å². The molecule has 0 unspecified atom stereocenters. The van der Waals surface area contributed by atoms with Gasteiger partial charge in [0.15, 0.2) is 0 Å². The number of hydrazine groups is 1. The Hall–Kier alpha value is -1.60. The summed E-state index contributed by atoms with van der Waals surface area (Å²) in [6, 6.07) is 0. The maximum atomic E-state index is 4.09. The van der Waals surface area contributed by atoms with Gasteiger partial charge >= 0.3 is 0 Å². The van der Waals surface area contributed by atoms with E-state index in [0.29, 0.717) is 10.5 Å². The summed E-state index contributed by atoms with van der Waals surface area (Å²) in [4.78, 5) is 0. The van der Waals surface area contributed by atoms with Crippen LogP contribution < -0.4 is 32.1 Å². The van der Waals surface area contributed by atoms with Gasteiger partial charge in [-0.1, -0.05) is 38.4 Å². The van der Waals surface area contributed by atoms with Crippen LogP contribution in [0.15, 0.2) is 37.1 Å². The number of hydrogen-bond donors (Lipinski definition) is 6. The summed E-state index contributed by atoms with van der Waals surface area (Å²) < 4.78 is 0. The lowest BCUT2D eigenvalue weighted by Gasteiger charge is -2.13. The highest BCUT2D eigenvalue weighted by molar-refractivity contribution is 8.14. The van der Waals surface area contributed by atoms with Crippen LogP contribution in [-0.4, -0.2) is 50.1 Å². The number of hydrogen-bond acceptors (Lipinski definition) is 6. The number of allylic oxidation sites excluding steroid dienone is 1. The molecule has 7 heteroatoms. The van der Waals surface area contributed by atoms with Gasteiger partial charge in [0.1, 0.15) is 5.82 Å². The lowest BCUT2D eigenvalue weighted by molar-refractivity contribution is 0.590. The van der Waals surface area contributed by atoms with Crippen LogP contribution in [0.4, 0.5) is 0 Å². The first kappa shape index (κ1) is 27.4. The van der Waals surface area contributed by atoms with Crippen LogP contribution in [0.3, 0.4) is 0 Å². The Morgan fingerprint density at radius 3 is 1.65 bits per heavy atom. The van der Waals surface area contributed by atoms with Gasteiger partial charge in [-0.15, -0.1) is 0 Å². The SMILES string of the molecule is C=C1CCCCN1.C=C1NCCCCN1.C=C1NCCCNN1.C=S1CCCCCC1. The van der Waals surface area contributed by atoms with Gasteiger partial charge in [0.2, 0.25) is 0 Å². The van der Waals surface area contributed by atoms with Crippen molar-refractivity contribution in [3.8, 4) is 0 Å². The topological polar surface area (TPSA) is 72.2 Å². The zero-order valence-electron chi connectivity index (χ0n) is 19.8. The minimum atomic E-state index is 0.542. The van der Waals surface area contributed by atoms with Crippen molar-refractivity contribution >= 4 is 16.4 Å². The molecule has 0 aromatic carbocycles. The molecular weight excluding hydrogens is 404 g/mol. The van der Waals surface area contributed by atoms with Crippen LogP contribution >= 0.6 is 10.5 Å². The average Bonchev–Trinajstić information content (AvgIpc) is 3.26. The molecule has 0 saturated carbocycles. The minimum Gasteiger partial charge on any atom is -0.389 e. The van der Waals surface area contributed by atoms with Crippen LogP contribution in [0, 0.1) is 0 Å². The van der Waals surface area contributed by atoms with Crippen LogP contribution in [0.2, 0.25) is 0 Å². The van der Waals surface area contributed by atoms with E-state index in [4.69, 9.17) is 0 Å². The molecule has 0 bridgehead atoms. The molecule has 4 aliphatic rings. The third kappa shape index (κ3) is 17.7. The fourth-order valence-electron chi connectivity index (χ4n) is 3.31. The summed E-state index contributed by atoms with van der Waals surface area (Å²) >= 11 is 0. The molecule has 4 rings (SSSR count). The third-order valence-corrected chi connectivity index (χ3v) is 6.96. The van der Waals surface area contributed by atoms with E-state index in [0.717, 1.165) is 50.8 Å². The Balaban J connectivity index is 0.000000207. The van der Waals surface area contributed by atoms with Crippen molar-refractivity contribution in [3.05, 3.63) is 37.1 Å². The summed E-state index contributed by atoms with van der Waals surface area (Å²) in [5, 5.41) is 12.5. The fraction of sp³-hybridized carbons (Fsp3) is 0.708. The van der Waals surface area contributed by atoms with Crippen LogP contribution in [-0.2, 0) is 0 Å². The third-order valence-electron chi connectivity index (χ3n) is 5.23. The molecule has 6 N–H and O–H groups in total. The molecule has 0 aromatic rings. The smallest absolute Gasteiger partial charge is 0.106 e. The largest absolute Gasteiger partial charge is 0.389 e. The van der Waals surface area contributed by atoms with Gasteiger partial charge in [0.25, 0.3) is 0 Å². The van der Waals surface area contributed by atoms with E-state index in [1.807, 2.05) is 0 Å². The second kappa shape index (κ2) is 19.1. The van der Waals surface area contributed by atoms with E-state index in [1.54, 1.807) is 0 Å². The van der Waals surface area contributed by atoms with Crippen molar-refractivity contribution in [2.24, 2.45) is 0 Å².